The van der Waals surface area contributed by atoms with Crippen LogP contribution in [0.25, 0.3) is 11.2 Å². The fraction of sp³-hybridized carbons (Fsp3) is 0.688. The summed E-state index contributed by atoms with van der Waals surface area (Å²) in [6.45, 7) is 10.7. The molecule has 0 aromatic carbocycles. The van der Waals surface area contributed by atoms with Crippen LogP contribution in [0.1, 0.15) is 33.4 Å². The van der Waals surface area contributed by atoms with E-state index in [1.54, 1.807) is 4.57 Å². The zero-order valence-electron chi connectivity index (χ0n) is 15.7. The number of halogens is 1. The van der Waals surface area contributed by atoms with Crippen LogP contribution in [0.3, 0.4) is 0 Å². The second-order valence-electron chi connectivity index (χ2n) is 8.19. The quantitative estimate of drug-likeness (QED) is 0.615. The molecule has 0 amide bonds. The molecule has 2 aromatic heterocycles. The molecular formula is C16H26FN5O3Si. The maximum Gasteiger partial charge on any atom is 0.312 e. The summed E-state index contributed by atoms with van der Waals surface area (Å²) in [5, 5.41) is 9.58. The standard InChI is InChI=1S/C16H26FN5O3Si/c1-16(2,3)26(4,5)25-10-6-9(7-23)24-14(10)22-8-19-11-12(18)20-15(17)21-13(11)22/h8-10,14,23H,6-7H2,1-5H3,(H2,18,20,21)/t9-,10?,14+/m0/s1. The lowest BCUT2D eigenvalue weighted by Gasteiger charge is -2.39. The third kappa shape index (κ3) is 3.33. The Morgan fingerprint density at radius 2 is 2.12 bits per heavy atom. The van der Waals surface area contributed by atoms with E-state index < -0.39 is 20.6 Å². The number of fused-ring (bicyclic) bond motifs is 1. The number of nitrogen functional groups attached to an aromatic ring is 1. The van der Waals surface area contributed by atoms with Crippen molar-refractivity contribution in [2.45, 2.75) is 63.8 Å². The van der Waals surface area contributed by atoms with Crippen molar-refractivity contribution in [1.82, 2.24) is 19.5 Å². The lowest BCUT2D eigenvalue weighted by atomic mass is 10.2. The van der Waals surface area contributed by atoms with Crippen LogP contribution in [0.2, 0.25) is 18.1 Å². The normalized spacial score (nSPS) is 24.5. The van der Waals surface area contributed by atoms with E-state index in [4.69, 9.17) is 14.9 Å². The van der Waals surface area contributed by atoms with Crippen molar-refractivity contribution in [2.24, 2.45) is 0 Å². The van der Waals surface area contributed by atoms with Crippen LogP contribution in [0, 0.1) is 6.08 Å². The average Bonchev–Trinajstić information content (AvgIpc) is 3.09. The first-order chi connectivity index (χ1) is 12.0. The molecule has 3 N–H and O–H groups in total. The van der Waals surface area contributed by atoms with Crippen LogP contribution in [-0.4, -0.2) is 51.8 Å². The number of imidazole rings is 1. The Kier molecular flexibility index (Phi) is 4.80. The van der Waals surface area contributed by atoms with Crippen LogP contribution in [0.15, 0.2) is 6.33 Å². The summed E-state index contributed by atoms with van der Waals surface area (Å²) in [5.74, 6) is -0.0233. The molecule has 144 valence electrons. The molecule has 8 nitrogen and oxygen atoms in total. The van der Waals surface area contributed by atoms with Crippen molar-refractivity contribution in [2.75, 3.05) is 12.3 Å². The van der Waals surface area contributed by atoms with Crippen molar-refractivity contribution in [3.05, 3.63) is 12.4 Å². The van der Waals surface area contributed by atoms with Crippen molar-refractivity contribution in [3.8, 4) is 0 Å². The summed E-state index contributed by atoms with van der Waals surface area (Å²) in [4.78, 5) is 11.5. The van der Waals surface area contributed by atoms with Gasteiger partial charge in [-0.15, -0.1) is 0 Å². The maximum absolute atomic E-state index is 13.7. The lowest BCUT2D eigenvalue weighted by molar-refractivity contribution is -0.0460. The minimum atomic E-state index is -2.08. The van der Waals surface area contributed by atoms with Crippen molar-refractivity contribution < 1.29 is 18.7 Å². The van der Waals surface area contributed by atoms with Crippen LogP contribution in [-0.2, 0) is 9.16 Å². The number of nitrogens with two attached hydrogens (primary N) is 1. The topological polar surface area (TPSA) is 108 Å². The molecule has 0 bridgehead atoms. The molecule has 2 aromatic rings. The van der Waals surface area contributed by atoms with Gasteiger partial charge in [0.05, 0.1) is 25.1 Å². The molecule has 3 heterocycles. The lowest BCUT2D eigenvalue weighted by Crippen LogP contribution is -2.45. The zero-order valence-corrected chi connectivity index (χ0v) is 16.7. The summed E-state index contributed by atoms with van der Waals surface area (Å²) in [6.07, 6.45) is -0.117. The van der Waals surface area contributed by atoms with E-state index in [0.717, 1.165) is 0 Å². The molecule has 26 heavy (non-hydrogen) atoms. The maximum atomic E-state index is 13.7. The molecule has 1 saturated heterocycles. The molecule has 3 atom stereocenters. The van der Waals surface area contributed by atoms with Gasteiger partial charge in [0.2, 0.25) is 0 Å². The third-order valence-corrected chi connectivity index (χ3v) is 9.80. The first-order valence-electron chi connectivity index (χ1n) is 8.63. The minimum Gasteiger partial charge on any atom is -0.409 e. The Morgan fingerprint density at radius 1 is 1.42 bits per heavy atom. The third-order valence-electron chi connectivity index (χ3n) is 5.30. The highest BCUT2D eigenvalue weighted by molar-refractivity contribution is 6.74. The van der Waals surface area contributed by atoms with Crippen LogP contribution in [0.5, 0.6) is 0 Å². The van der Waals surface area contributed by atoms with Gasteiger partial charge in [-0.1, -0.05) is 20.8 Å². The molecule has 3 rings (SSSR count). The molecule has 1 aliphatic rings. The number of aliphatic hydroxyl groups excluding tert-OH is 1. The van der Waals surface area contributed by atoms with E-state index in [-0.39, 0.29) is 35.3 Å². The molecule has 0 spiro atoms. The summed E-state index contributed by atoms with van der Waals surface area (Å²) in [5.41, 5.74) is 6.31. The number of ether oxygens (including phenoxy) is 1. The van der Waals surface area contributed by atoms with Gasteiger partial charge in [0.15, 0.2) is 31.5 Å². The van der Waals surface area contributed by atoms with Gasteiger partial charge in [-0.05, 0) is 18.1 Å². The first kappa shape index (κ1) is 19.1. The monoisotopic (exact) mass is 383 g/mol. The van der Waals surface area contributed by atoms with Gasteiger partial charge in [0, 0.05) is 6.42 Å². The Morgan fingerprint density at radius 3 is 2.73 bits per heavy atom. The minimum absolute atomic E-state index is 0.0184. The fourth-order valence-electron chi connectivity index (χ4n) is 2.84. The molecule has 1 fully saturated rings. The highest BCUT2D eigenvalue weighted by Gasteiger charge is 2.45. The number of aromatic nitrogens is 4. The van der Waals surface area contributed by atoms with Crippen LogP contribution in [0.4, 0.5) is 10.2 Å². The molecule has 1 aliphatic heterocycles. The highest BCUT2D eigenvalue weighted by Crippen LogP contribution is 2.42. The second kappa shape index (κ2) is 6.52. The summed E-state index contributed by atoms with van der Waals surface area (Å²) in [7, 11) is -2.08. The number of rotatable bonds is 4. The van der Waals surface area contributed by atoms with E-state index in [0.29, 0.717) is 11.9 Å². The van der Waals surface area contributed by atoms with E-state index in [1.807, 2.05) is 0 Å². The summed E-state index contributed by atoms with van der Waals surface area (Å²) < 4.78 is 27.8. The molecular weight excluding hydrogens is 357 g/mol. The number of aliphatic hydroxyl groups is 1. The number of hydrogen-bond donors (Lipinski definition) is 2. The van der Waals surface area contributed by atoms with Gasteiger partial charge in [0.25, 0.3) is 0 Å². The first-order valence-corrected chi connectivity index (χ1v) is 11.5. The van der Waals surface area contributed by atoms with Crippen LogP contribution >= 0.6 is 0 Å². The molecule has 0 saturated carbocycles. The smallest absolute Gasteiger partial charge is 0.312 e. The zero-order chi connectivity index (χ0) is 19.3. The number of hydrogen-bond acceptors (Lipinski definition) is 7. The second-order valence-corrected chi connectivity index (χ2v) is 12.9. The van der Waals surface area contributed by atoms with E-state index in [9.17, 15) is 9.50 Å². The molecule has 10 heteroatoms. The van der Waals surface area contributed by atoms with Crippen molar-refractivity contribution in [1.29, 1.82) is 0 Å². The molecule has 0 radical (unpaired) electrons. The van der Waals surface area contributed by atoms with Crippen molar-refractivity contribution >= 4 is 25.3 Å². The fourth-order valence-corrected chi connectivity index (χ4v) is 4.16. The Hall–Kier alpha value is -1.62. The van der Waals surface area contributed by atoms with Gasteiger partial charge < -0.3 is 20.0 Å². The average molecular weight is 384 g/mol. The van der Waals surface area contributed by atoms with Gasteiger partial charge in [-0.25, -0.2) is 4.98 Å². The van der Waals surface area contributed by atoms with Gasteiger partial charge in [-0.3, -0.25) is 4.57 Å². The largest absolute Gasteiger partial charge is 0.409 e. The van der Waals surface area contributed by atoms with Gasteiger partial charge in [-0.2, -0.15) is 14.4 Å². The number of nitrogens with zero attached hydrogens (tertiary/aromatic N) is 4. The Balaban J connectivity index is 1.99. The predicted octanol–water partition coefficient (Wildman–Crippen LogP) is 2.22. The van der Waals surface area contributed by atoms with E-state index in [2.05, 4.69) is 48.8 Å². The highest BCUT2D eigenvalue weighted by atomic mass is 28.4. The number of anilines is 1. The van der Waals surface area contributed by atoms with Gasteiger partial charge in [0.1, 0.15) is 0 Å². The SMILES string of the molecule is CC(C)(C)[Si](C)(C)OC1C[C@@H](CO)O[C@H]1n1cnc2c(N)nc(F)nc21. The summed E-state index contributed by atoms with van der Waals surface area (Å²) in [6, 6.07) is 0. The van der Waals surface area contributed by atoms with E-state index in [1.165, 1.54) is 6.33 Å². The Labute approximate surface area is 152 Å². The van der Waals surface area contributed by atoms with Gasteiger partial charge >= 0.3 is 6.08 Å². The van der Waals surface area contributed by atoms with Crippen LogP contribution < -0.4 is 5.73 Å². The van der Waals surface area contributed by atoms with Crippen molar-refractivity contribution in [3.63, 3.8) is 0 Å². The summed E-state index contributed by atoms with van der Waals surface area (Å²) >= 11 is 0. The molecule has 1 unspecified atom stereocenters. The molecule has 0 aliphatic carbocycles. The van der Waals surface area contributed by atoms with E-state index >= 15 is 0 Å². The Bertz CT molecular complexity index is 807. The predicted molar refractivity (Wildman–Crippen MR) is 97.4 cm³/mol.